The van der Waals surface area contributed by atoms with Crippen LogP contribution in [0.15, 0.2) is 48.7 Å². The van der Waals surface area contributed by atoms with E-state index in [2.05, 4.69) is 15.3 Å². The van der Waals surface area contributed by atoms with Gasteiger partial charge in [0.05, 0.1) is 11.3 Å². The molecule has 11 heteroatoms. The number of carboxylic acid groups (broad SMARTS) is 1. The molecule has 2 aliphatic rings. The fourth-order valence-electron chi connectivity index (χ4n) is 4.83. The van der Waals surface area contributed by atoms with Gasteiger partial charge < -0.3 is 20.3 Å². The van der Waals surface area contributed by atoms with Gasteiger partial charge in [0.1, 0.15) is 0 Å². The van der Waals surface area contributed by atoms with Gasteiger partial charge in [0.25, 0.3) is 11.8 Å². The van der Waals surface area contributed by atoms with Crippen LogP contribution in [0.3, 0.4) is 0 Å². The molecule has 39 heavy (non-hydrogen) atoms. The van der Waals surface area contributed by atoms with E-state index in [1.54, 1.807) is 6.20 Å². The van der Waals surface area contributed by atoms with E-state index in [0.29, 0.717) is 18.2 Å². The van der Waals surface area contributed by atoms with Crippen LogP contribution in [-0.4, -0.2) is 63.6 Å². The highest BCUT2D eigenvalue weighted by atomic mass is 19.4. The van der Waals surface area contributed by atoms with Crippen LogP contribution in [0.4, 0.5) is 13.2 Å². The summed E-state index contributed by atoms with van der Waals surface area (Å²) in [7, 11) is 1.92. The van der Waals surface area contributed by atoms with Gasteiger partial charge in [0, 0.05) is 60.3 Å². The van der Waals surface area contributed by atoms with Crippen molar-refractivity contribution in [3.63, 3.8) is 0 Å². The molecule has 3 heterocycles. The van der Waals surface area contributed by atoms with E-state index >= 15 is 0 Å². The zero-order chi connectivity index (χ0) is 28.2. The summed E-state index contributed by atoms with van der Waals surface area (Å²) in [6.07, 6.45) is 3.39. The molecule has 0 bridgehead atoms. The van der Waals surface area contributed by atoms with E-state index in [0.717, 1.165) is 53.0 Å². The van der Waals surface area contributed by atoms with Crippen molar-refractivity contribution in [3.05, 3.63) is 65.5 Å². The number of amides is 2. The number of nitrogens with one attached hydrogen (secondary N) is 2. The number of fused-ring (bicyclic) bond motifs is 1. The number of halogens is 3. The SMILES string of the molecule is CN(C(=O)c1ccc(-c2cc(-c3cc4c([nH]3)CCNC4=O)ccn2)cc1)C1CCCCC1.O=C(O)C(F)(F)F. The lowest BCUT2D eigenvalue weighted by atomic mass is 9.94. The first kappa shape index (κ1) is 27.9. The third-order valence-corrected chi connectivity index (χ3v) is 6.99. The Morgan fingerprint density at radius 2 is 1.69 bits per heavy atom. The summed E-state index contributed by atoms with van der Waals surface area (Å²) in [6, 6.07) is 13.9. The second-order valence-corrected chi connectivity index (χ2v) is 9.60. The maximum Gasteiger partial charge on any atom is 0.490 e. The predicted octanol–water partition coefficient (Wildman–Crippen LogP) is 5.07. The smallest absolute Gasteiger partial charge is 0.475 e. The molecule has 0 unspecified atom stereocenters. The van der Waals surface area contributed by atoms with Crippen LogP contribution in [0.1, 0.15) is 58.5 Å². The molecule has 2 amide bonds. The summed E-state index contributed by atoms with van der Waals surface area (Å²) in [5.74, 6) is -2.70. The Kier molecular flexibility index (Phi) is 8.37. The highest BCUT2D eigenvalue weighted by molar-refractivity contribution is 5.98. The molecule has 1 aliphatic carbocycles. The molecule has 3 N–H and O–H groups in total. The van der Waals surface area contributed by atoms with Gasteiger partial charge in [-0.2, -0.15) is 13.2 Å². The summed E-state index contributed by atoms with van der Waals surface area (Å²) < 4.78 is 31.7. The van der Waals surface area contributed by atoms with Gasteiger partial charge in [-0.15, -0.1) is 0 Å². The molecule has 0 atom stereocenters. The molecule has 1 aliphatic heterocycles. The predicted molar refractivity (Wildman–Crippen MR) is 138 cm³/mol. The number of carboxylic acids is 1. The van der Waals surface area contributed by atoms with Crippen LogP contribution < -0.4 is 5.32 Å². The minimum absolute atomic E-state index is 0.0264. The van der Waals surface area contributed by atoms with E-state index in [4.69, 9.17) is 9.90 Å². The number of aromatic amines is 1. The molecule has 1 aromatic carbocycles. The Hall–Kier alpha value is -4.15. The zero-order valence-corrected chi connectivity index (χ0v) is 21.3. The molecule has 0 spiro atoms. The van der Waals surface area contributed by atoms with Crippen molar-refractivity contribution >= 4 is 17.8 Å². The summed E-state index contributed by atoms with van der Waals surface area (Å²) in [5, 5.41) is 10.0. The van der Waals surface area contributed by atoms with Crippen LogP contribution in [0, 0.1) is 0 Å². The number of rotatable bonds is 4. The molecule has 1 saturated carbocycles. The van der Waals surface area contributed by atoms with Crippen LogP contribution in [0.2, 0.25) is 0 Å². The molecular weight excluding hydrogens is 513 g/mol. The summed E-state index contributed by atoms with van der Waals surface area (Å²) in [4.78, 5) is 43.7. The number of hydrogen-bond donors (Lipinski definition) is 3. The quantitative estimate of drug-likeness (QED) is 0.426. The first-order chi connectivity index (χ1) is 18.5. The number of aromatic nitrogens is 2. The average molecular weight is 543 g/mol. The first-order valence-corrected chi connectivity index (χ1v) is 12.7. The number of nitrogens with zero attached hydrogens (tertiary/aromatic N) is 2. The fourth-order valence-corrected chi connectivity index (χ4v) is 4.83. The van der Waals surface area contributed by atoms with Crippen molar-refractivity contribution in [2.24, 2.45) is 0 Å². The molecule has 3 aromatic rings. The molecule has 206 valence electrons. The lowest BCUT2D eigenvalue weighted by Gasteiger charge is -2.31. The number of aliphatic carboxylic acids is 1. The highest BCUT2D eigenvalue weighted by Gasteiger charge is 2.38. The number of carbonyl (C=O) groups excluding carboxylic acids is 2. The normalized spacial score (nSPS) is 15.4. The van der Waals surface area contributed by atoms with Gasteiger partial charge in [-0.25, -0.2) is 4.79 Å². The summed E-state index contributed by atoms with van der Waals surface area (Å²) in [5.41, 5.74) is 6.09. The monoisotopic (exact) mass is 542 g/mol. The van der Waals surface area contributed by atoms with Crippen molar-refractivity contribution in [1.82, 2.24) is 20.2 Å². The van der Waals surface area contributed by atoms with Crippen molar-refractivity contribution in [2.45, 2.75) is 50.7 Å². The fraction of sp³-hybridized carbons (Fsp3) is 0.357. The van der Waals surface area contributed by atoms with Gasteiger partial charge in [-0.1, -0.05) is 31.4 Å². The van der Waals surface area contributed by atoms with Crippen molar-refractivity contribution in [3.8, 4) is 22.5 Å². The lowest BCUT2D eigenvalue weighted by Crippen LogP contribution is -2.38. The largest absolute Gasteiger partial charge is 0.490 e. The van der Waals surface area contributed by atoms with Gasteiger partial charge in [-0.05, 0) is 43.2 Å². The van der Waals surface area contributed by atoms with E-state index in [9.17, 15) is 22.8 Å². The van der Waals surface area contributed by atoms with Crippen LogP contribution in [0.25, 0.3) is 22.5 Å². The Labute approximate surface area is 223 Å². The number of benzene rings is 1. The number of hydrogen-bond acceptors (Lipinski definition) is 4. The van der Waals surface area contributed by atoms with Crippen molar-refractivity contribution in [2.75, 3.05) is 13.6 Å². The number of carbonyl (C=O) groups is 3. The molecule has 8 nitrogen and oxygen atoms in total. The summed E-state index contributed by atoms with van der Waals surface area (Å²) >= 11 is 0. The van der Waals surface area contributed by atoms with Crippen LogP contribution in [-0.2, 0) is 11.2 Å². The van der Waals surface area contributed by atoms with Crippen LogP contribution >= 0.6 is 0 Å². The topological polar surface area (TPSA) is 115 Å². The average Bonchev–Trinajstić information content (AvgIpc) is 3.39. The molecule has 2 aromatic heterocycles. The lowest BCUT2D eigenvalue weighted by molar-refractivity contribution is -0.192. The van der Waals surface area contributed by atoms with Gasteiger partial charge in [-0.3, -0.25) is 14.6 Å². The Morgan fingerprint density at radius 1 is 1.03 bits per heavy atom. The summed E-state index contributed by atoms with van der Waals surface area (Å²) in [6.45, 7) is 0.661. The second-order valence-electron chi connectivity index (χ2n) is 9.60. The van der Waals surface area contributed by atoms with E-state index in [1.165, 1.54) is 19.3 Å². The third kappa shape index (κ3) is 6.65. The standard InChI is InChI=1S/C26H28N4O2.C2HF3O2/c1-30(20-5-3-2-4-6-20)26(32)18-9-7-17(8-10-18)23-15-19(11-13-27-23)24-16-21-22(29-24)12-14-28-25(21)31;3-2(4,5)1(6)7/h7-11,13,15-16,20,29H,2-6,12,14H2,1H3,(H,28,31);(H,6,7). The van der Waals surface area contributed by atoms with E-state index < -0.39 is 12.1 Å². The Bertz CT molecular complexity index is 1350. The molecule has 0 radical (unpaired) electrons. The maximum absolute atomic E-state index is 12.9. The number of pyridine rings is 1. The Balaban J connectivity index is 0.000000448. The third-order valence-electron chi connectivity index (χ3n) is 6.99. The zero-order valence-electron chi connectivity index (χ0n) is 21.3. The van der Waals surface area contributed by atoms with Crippen molar-refractivity contribution < 1.29 is 32.7 Å². The molecular formula is C28H29F3N4O4. The maximum atomic E-state index is 12.9. The molecule has 0 saturated heterocycles. The minimum atomic E-state index is -5.08. The molecule has 5 rings (SSSR count). The Morgan fingerprint density at radius 3 is 2.31 bits per heavy atom. The van der Waals surface area contributed by atoms with Gasteiger partial charge >= 0.3 is 12.1 Å². The highest BCUT2D eigenvalue weighted by Crippen LogP contribution is 2.28. The number of H-pyrrole nitrogens is 1. The van der Waals surface area contributed by atoms with E-state index in [1.807, 2.05) is 54.4 Å². The van der Waals surface area contributed by atoms with Crippen molar-refractivity contribution in [1.29, 1.82) is 0 Å². The van der Waals surface area contributed by atoms with Gasteiger partial charge in [0.15, 0.2) is 0 Å². The first-order valence-electron chi connectivity index (χ1n) is 12.7. The van der Waals surface area contributed by atoms with E-state index in [-0.39, 0.29) is 11.8 Å². The number of alkyl halides is 3. The second kappa shape index (κ2) is 11.7. The minimum Gasteiger partial charge on any atom is -0.475 e. The van der Waals surface area contributed by atoms with Gasteiger partial charge in [0.2, 0.25) is 0 Å². The molecule has 1 fully saturated rings. The van der Waals surface area contributed by atoms with Crippen LogP contribution in [0.5, 0.6) is 0 Å².